The molecule has 0 unspecified atom stereocenters. The fourth-order valence-corrected chi connectivity index (χ4v) is 13.9. The number of hydrogen-bond acceptors (Lipinski definition) is 16. The van der Waals surface area contributed by atoms with Crippen LogP contribution in [0.5, 0.6) is 23.1 Å². The van der Waals surface area contributed by atoms with E-state index >= 15 is 4.39 Å². The zero-order chi connectivity index (χ0) is 54.6. The van der Waals surface area contributed by atoms with Gasteiger partial charge in [0.2, 0.25) is 10.0 Å². The molecule has 5 aliphatic rings. The number of amides is 1. The third-order valence-corrected chi connectivity index (χ3v) is 19.1. The molecule has 2 saturated carbocycles. The van der Waals surface area contributed by atoms with E-state index in [-0.39, 0.29) is 101 Å². The number of pyridine rings is 1. The Bertz CT molecular complexity index is 3280. The first kappa shape index (κ1) is 54.3. The Kier molecular flexibility index (Phi) is 15.0. The summed E-state index contributed by atoms with van der Waals surface area (Å²) in [5.74, 6) is -1.71. The average Bonchev–Trinajstić information content (AvgIpc) is 3.82. The lowest BCUT2D eigenvalue weighted by molar-refractivity contribution is -0.384. The summed E-state index contributed by atoms with van der Waals surface area (Å²) in [6, 6.07) is 16.4. The van der Waals surface area contributed by atoms with Crippen LogP contribution in [0.1, 0.15) is 106 Å². The van der Waals surface area contributed by atoms with E-state index in [0.29, 0.717) is 64.1 Å². The number of nitrogens with zero attached hydrogens (tertiary/aromatic N) is 5. The fraction of sp³-hybridized carbons (Fsp3) is 0.519. The molecule has 2 aliphatic carbocycles. The minimum Gasteiger partial charge on any atom is -0.489 e. The maximum absolute atomic E-state index is 15.1. The van der Waals surface area contributed by atoms with Gasteiger partial charge in [-0.2, -0.15) is 9.29 Å². The molecule has 5 aromatic rings. The lowest BCUT2D eigenvalue weighted by Crippen LogP contribution is -2.60. The van der Waals surface area contributed by atoms with Gasteiger partial charge < -0.3 is 39.3 Å². The number of H-pyrrole nitrogens is 1. The molecule has 0 bridgehead atoms. The van der Waals surface area contributed by atoms with E-state index in [1.165, 1.54) is 31.1 Å². The smallest absolute Gasteiger partial charge is 0.297 e. The number of aromatic amines is 1. The largest absolute Gasteiger partial charge is 0.489 e. The SMILES string of the molecule is COCCOc1nc2[nH]cc(F)c2cc1Oc1cc(N2CCC3(CC2)CC(N2CCN(S(C)(=O)=O)C[C@@H]2c2ccccc2C(C)C)C3)ccc1C(=O)NS(=O)(=O)c1cc2c(c([N+](=O)[O-])c1)N[C@@H]([C@H]1CC[C@](C)(O)CC1)CO2. The van der Waals surface area contributed by atoms with Crippen molar-refractivity contribution in [2.75, 3.05) is 76.1 Å². The number of sulfonamides is 2. The van der Waals surface area contributed by atoms with Crippen molar-refractivity contribution in [3.05, 3.63) is 99.5 Å². The van der Waals surface area contributed by atoms with Gasteiger partial charge in [-0.15, -0.1) is 0 Å². The molecule has 2 atom stereocenters. The summed E-state index contributed by atoms with van der Waals surface area (Å²) < 4.78 is 96.3. The number of nitrogens with one attached hydrogen (secondary N) is 3. The van der Waals surface area contributed by atoms with Gasteiger partial charge in [-0.25, -0.2) is 25.9 Å². The molecule has 4 fully saturated rings. The minimum atomic E-state index is -4.81. The van der Waals surface area contributed by atoms with Crippen LogP contribution in [0.3, 0.4) is 0 Å². The van der Waals surface area contributed by atoms with Crippen LogP contribution in [0.15, 0.2) is 71.8 Å². The van der Waals surface area contributed by atoms with Gasteiger partial charge in [0.05, 0.1) is 45.3 Å². The predicted octanol–water partition coefficient (Wildman–Crippen LogP) is 7.85. The number of fused-ring (bicyclic) bond motifs is 2. The Morgan fingerprint density at radius 2 is 1.74 bits per heavy atom. The van der Waals surface area contributed by atoms with Crippen molar-refractivity contribution < 1.29 is 55.0 Å². The first-order valence-electron chi connectivity index (χ1n) is 26.3. The number of halogens is 1. The zero-order valence-corrected chi connectivity index (χ0v) is 45.6. The van der Waals surface area contributed by atoms with Crippen molar-refractivity contribution in [2.45, 2.75) is 107 Å². The molecular weight excluding hydrogens is 1040 g/mol. The second kappa shape index (κ2) is 21.3. The summed E-state index contributed by atoms with van der Waals surface area (Å²) in [6.07, 6.45) is 8.51. The number of methoxy groups -OCH3 is 1. The maximum atomic E-state index is 15.1. The summed E-state index contributed by atoms with van der Waals surface area (Å²) in [6.45, 7) is 9.18. The number of carbonyl (C=O) groups is 1. The molecule has 4 N–H and O–H groups in total. The number of benzene rings is 3. The molecule has 10 rings (SSSR count). The molecule has 2 aromatic heterocycles. The van der Waals surface area contributed by atoms with Gasteiger partial charge in [-0.1, -0.05) is 38.1 Å². The van der Waals surface area contributed by atoms with Gasteiger partial charge in [0.1, 0.15) is 30.4 Å². The Morgan fingerprint density at radius 1 is 1.00 bits per heavy atom. The van der Waals surface area contributed by atoms with Crippen molar-refractivity contribution >= 4 is 54.0 Å². The summed E-state index contributed by atoms with van der Waals surface area (Å²) in [4.78, 5) is 37.5. The highest BCUT2D eigenvalue weighted by Crippen LogP contribution is 2.54. The van der Waals surface area contributed by atoms with Crippen molar-refractivity contribution in [1.29, 1.82) is 0 Å². The number of aromatic nitrogens is 2. The molecular formula is C54H67FN8O12S2. The van der Waals surface area contributed by atoms with Crippen molar-refractivity contribution in [3.63, 3.8) is 0 Å². The van der Waals surface area contributed by atoms with Crippen molar-refractivity contribution in [1.82, 2.24) is 23.9 Å². The molecule has 414 valence electrons. The normalized spacial score (nSPS) is 23.2. The molecule has 1 spiro atoms. The summed E-state index contributed by atoms with van der Waals surface area (Å²) in [5.41, 5.74) is 1.74. The van der Waals surface area contributed by atoms with Crippen LogP contribution in [0.2, 0.25) is 0 Å². The minimum absolute atomic E-state index is 0.0238. The molecule has 3 aliphatic heterocycles. The number of ether oxygens (including phenoxy) is 4. The number of nitro benzene ring substituents is 1. The van der Waals surface area contributed by atoms with Crippen LogP contribution in [0.25, 0.3) is 11.0 Å². The second-order valence-corrected chi connectivity index (χ2v) is 25.7. The van der Waals surface area contributed by atoms with E-state index in [0.717, 1.165) is 49.6 Å². The van der Waals surface area contributed by atoms with E-state index in [1.807, 2.05) is 12.1 Å². The van der Waals surface area contributed by atoms with E-state index < -0.39 is 52.9 Å². The third kappa shape index (κ3) is 11.3. The molecule has 23 heteroatoms. The van der Waals surface area contributed by atoms with E-state index in [2.05, 4.69) is 55.8 Å². The van der Waals surface area contributed by atoms with Crippen molar-refractivity contribution in [2.24, 2.45) is 11.3 Å². The van der Waals surface area contributed by atoms with Crippen LogP contribution >= 0.6 is 0 Å². The summed E-state index contributed by atoms with van der Waals surface area (Å²) in [5, 5.41) is 26.3. The van der Waals surface area contributed by atoms with Crippen molar-refractivity contribution in [3.8, 4) is 23.1 Å². The number of piperidine rings is 1. The van der Waals surface area contributed by atoms with Gasteiger partial charge in [0, 0.05) is 88.1 Å². The van der Waals surface area contributed by atoms with Crippen LogP contribution < -0.4 is 29.1 Å². The molecule has 0 radical (unpaired) electrons. The molecule has 2 saturated heterocycles. The number of nitro groups is 1. The van der Waals surface area contributed by atoms with Crippen LogP contribution in [0, 0.1) is 27.3 Å². The predicted molar refractivity (Wildman–Crippen MR) is 286 cm³/mol. The van der Waals surface area contributed by atoms with E-state index in [1.54, 1.807) is 23.4 Å². The first-order valence-corrected chi connectivity index (χ1v) is 29.6. The Hall–Kier alpha value is -6.11. The number of piperazine rings is 1. The van der Waals surface area contributed by atoms with Crippen LogP contribution in [0.4, 0.5) is 21.5 Å². The topological polar surface area (TPSA) is 248 Å². The van der Waals surface area contributed by atoms with Gasteiger partial charge in [0.25, 0.3) is 27.5 Å². The quantitative estimate of drug-likeness (QED) is 0.0417. The highest BCUT2D eigenvalue weighted by molar-refractivity contribution is 7.90. The number of anilines is 2. The third-order valence-electron chi connectivity index (χ3n) is 16.5. The number of aliphatic hydroxyl groups is 1. The van der Waals surface area contributed by atoms with Crippen LogP contribution in [-0.2, 0) is 24.8 Å². The highest BCUT2D eigenvalue weighted by atomic mass is 32.2. The number of rotatable bonds is 16. The molecule has 3 aromatic carbocycles. The van der Waals surface area contributed by atoms with E-state index in [9.17, 15) is 36.9 Å². The average molecular weight is 1100 g/mol. The highest BCUT2D eigenvalue weighted by Gasteiger charge is 2.51. The molecule has 20 nitrogen and oxygen atoms in total. The summed E-state index contributed by atoms with van der Waals surface area (Å²) >= 11 is 0. The van der Waals surface area contributed by atoms with Gasteiger partial charge >= 0.3 is 0 Å². The maximum Gasteiger partial charge on any atom is 0.297 e. The van der Waals surface area contributed by atoms with E-state index in [4.69, 9.17) is 18.9 Å². The lowest BCUT2D eigenvalue weighted by atomic mass is 9.59. The number of hydrogen-bond donors (Lipinski definition) is 4. The number of carbonyl (C=O) groups excluding carboxylic acids is 1. The fourth-order valence-electron chi connectivity index (χ4n) is 12.1. The summed E-state index contributed by atoms with van der Waals surface area (Å²) in [7, 11) is -6.71. The zero-order valence-electron chi connectivity index (χ0n) is 43.9. The van der Waals surface area contributed by atoms with Gasteiger partial charge in [-0.3, -0.25) is 19.8 Å². The molecule has 1 amide bonds. The Labute approximate surface area is 447 Å². The lowest BCUT2D eigenvalue weighted by Gasteiger charge is -2.58. The Balaban J connectivity index is 0.901. The first-order chi connectivity index (χ1) is 36.6. The standard InChI is InChI=1S/C54H67FN8O12S2/c1-33(2)38-8-6-7-9-39(38)45-31-61(76(5,68)69)20-21-62(45)36-28-54(29-36)16-18-60(19-17-54)35-10-11-40(46(24-35)75-48-27-41-42(55)30-56-50(41)58-52(48)73-23-22-72-4)51(64)59-77(70,71)37-25-44(63(66)67)49-47(26-37)74-32-43(57-49)34-12-14-53(3,65)15-13-34/h6-11,24-27,30,33-34,36,43,45,57,65H,12-23,28-29,31-32H2,1-5H3,(H,56,58)(H,59,64)/t34-,43-,45-,53-/m1/s1. The molecule has 5 heterocycles. The van der Waals surface area contributed by atoms with Gasteiger partial charge in [0.15, 0.2) is 17.2 Å². The Morgan fingerprint density at radius 3 is 2.44 bits per heavy atom. The monoisotopic (exact) mass is 1100 g/mol. The second-order valence-electron chi connectivity index (χ2n) is 22.1. The van der Waals surface area contributed by atoms with Gasteiger partial charge in [-0.05, 0) is 98.8 Å². The van der Waals surface area contributed by atoms with Crippen LogP contribution in [-0.4, -0.2) is 136 Å². The molecule has 77 heavy (non-hydrogen) atoms.